The highest BCUT2D eigenvalue weighted by atomic mass is 32.1. The SMILES string of the molecule is C=Nc1c(C)nsc1N=Nc1ccc(N(CC)CCOC(C)=O)cc1C. The van der Waals surface area contributed by atoms with Gasteiger partial charge in [0.1, 0.15) is 12.3 Å². The van der Waals surface area contributed by atoms with Crippen molar-refractivity contribution in [3.8, 4) is 0 Å². The van der Waals surface area contributed by atoms with Crippen molar-refractivity contribution in [1.82, 2.24) is 4.37 Å². The smallest absolute Gasteiger partial charge is 0.302 e. The van der Waals surface area contributed by atoms with Crippen LogP contribution in [0.15, 0.2) is 33.4 Å². The maximum Gasteiger partial charge on any atom is 0.302 e. The molecule has 2 rings (SSSR count). The van der Waals surface area contributed by atoms with Gasteiger partial charge in [0.25, 0.3) is 0 Å². The number of carbonyl (C=O) groups excluding carboxylic acids is 1. The minimum atomic E-state index is -0.264. The van der Waals surface area contributed by atoms with Crippen molar-refractivity contribution in [2.75, 3.05) is 24.6 Å². The van der Waals surface area contributed by atoms with E-state index in [4.69, 9.17) is 4.74 Å². The molecule has 0 N–H and O–H groups in total. The average molecular weight is 373 g/mol. The largest absolute Gasteiger partial charge is 0.464 e. The van der Waals surface area contributed by atoms with Gasteiger partial charge in [-0.3, -0.25) is 9.79 Å². The van der Waals surface area contributed by atoms with Crippen LogP contribution in [0.4, 0.5) is 22.1 Å². The van der Waals surface area contributed by atoms with E-state index in [0.717, 1.165) is 29.2 Å². The number of nitrogens with zero attached hydrogens (tertiary/aromatic N) is 5. The molecular formula is C18H23N5O2S. The van der Waals surface area contributed by atoms with Crippen molar-refractivity contribution in [3.05, 3.63) is 29.5 Å². The molecule has 0 saturated carbocycles. The van der Waals surface area contributed by atoms with Crippen LogP contribution in [-0.2, 0) is 9.53 Å². The number of benzene rings is 1. The molecule has 1 heterocycles. The highest BCUT2D eigenvalue weighted by Crippen LogP contribution is 2.36. The third-order valence-electron chi connectivity index (χ3n) is 3.81. The van der Waals surface area contributed by atoms with Crippen LogP contribution in [0.3, 0.4) is 0 Å². The Balaban J connectivity index is 2.14. The minimum absolute atomic E-state index is 0.264. The Morgan fingerprint density at radius 1 is 1.35 bits per heavy atom. The van der Waals surface area contributed by atoms with Crippen LogP contribution in [0.2, 0.25) is 0 Å². The number of carbonyl (C=O) groups is 1. The number of hydrogen-bond acceptors (Lipinski definition) is 8. The van der Waals surface area contributed by atoms with E-state index in [1.54, 1.807) is 0 Å². The number of likely N-dealkylation sites (N-methyl/N-ethyl adjacent to an activating group) is 1. The number of aliphatic imine (C=N–C) groups is 1. The molecule has 0 saturated heterocycles. The summed E-state index contributed by atoms with van der Waals surface area (Å²) < 4.78 is 9.25. The summed E-state index contributed by atoms with van der Waals surface area (Å²) in [4.78, 5) is 17.0. The number of rotatable bonds is 8. The summed E-state index contributed by atoms with van der Waals surface area (Å²) in [6.07, 6.45) is 0. The topological polar surface area (TPSA) is 79.5 Å². The highest BCUT2D eigenvalue weighted by Gasteiger charge is 2.10. The van der Waals surface area contributed by atoms with E-state index in [2.05, 4.69) is 44.2 Å². The van der Waals surface area contributed by atoms with E-state index in [-0.39, 0.29) is 5.97 Å². The Hall–Kier alpha value is -2.61. The van der Waals surface area contributed by atoms with E-state index in [0.29, 0.717) is 23.8 Å². The lowest BCUT2D eigenvalue weighted by Crippen LogP contribution is -2.27. The van der Waals surface area contributed by atoms with Gasteiger partial charge in [0.05, 0.1) is 17.9 Å². The van der Waals surface area contributed by atoms with Crippen LogP contribution in [0.5, 0.6) is 0 Å². The zero-order valence-corrected chi connectivity index (χ0v) is 16.3. The first-order valence-electron chi connectivity index (χ1n) is 8.30. The average Bonchev–Trinajstić information content (AvgIpc) is 2.97. The molecule has 7 nitrogen and oxygen atoms in total. The summed E-state index contributed by atoms with van der Waals surface area (Å²) in [5.74, 6) is -0.264. The Labute approximate surface area is 157 Å². The lowest BCUT2D eigenvalue weighted by molar-refractivity contribution is -0.140. The molecule has 26 heavy (non-hydrogen) atoms. The molecule has 0 aliphatic carbocycles. The molecule has 1 aromatic carbocycles. The van der Waals surface area contributed by atoms with E-state index >= 15 is 0 Å². The fraction of sp³-hybridized carbons (Fsp3) is 0.389. The van der Waals surface area contributed by atoms with Gasteiger partial charge in [0, 0.05) is 19.2 Å². The number of azo groups is 1. The van der Waals surface area contributed by atoms with Gasteiger partial charge in [-0.1, -0.05) is 0 Å². The number of ether oxygens (including phenoxy) is 1. The molecule has 0 bridgehead atoms. The first kappa shape index (κ1) is 19.7. The Bertz CT molecular complexity index is 816. The molecule has 0 radical (unpaired) electrons. The zero-order chi connectivity index (χ0) is 19.1. The molecule has 1 aromatic heterocycles. The normalized spacial score (nSPS) is 10.9. The second kappa shape index (κ2) is 9.19. The van der Waals surface area contributed by atoms with Gasteiger partial charge in [-0.25, -0.2) is 0 Å². The van der Waals surface area contributed by atoms with Crippen LogP contribution >= 0.6 is 11.5 Å². The molecule has 2 aromatic rings. The van der Waals surface area contributed by atoms with Crippen molar-refractivity contribution in [2.45, 2.75) is 27.7 Å². The maximum atomic E-state index is 10.9. The van der Waals surface area contributed by atoms with Gasteiger partial charge < -0.3 is 9.64 Å². The van der Waals surface area contributed by atoms with Crippen molar-refractivity contribution >= 4 is 46.3 Å². The maximum absolute atomic E-state index is 10.9. The van der Waals surface area contributed by atoms with E-state index in [9.17, 15) is 4.79 Å². The summed E-state index contributed by atoms with van der Waals surface area (Å²) in [6, 6.07) is 5.97. The molecule has 0 aliphatic rings. The first-order chi connectivity index (χ1) is 12.5. The predicted molar refractivity (Wildman–Crippen MR) is 106 cm³/mol. The number of esters is 1. The predicted octanol–water partition coefficient (Wildman–Crippen LogP) is 4.90. The van der Waals surface area contributed by atoms with E-state index in [1.165, 1.54) is 18.5 Å². The first-order valence-corrected chi connectivity index (χ1v) is 9.07. The lowest BCUT2D eigenvalue weighted by Gasteiger charge is -2.23. The van der Waals surface area contributed by atoms with Crippen molar-refractivity contribution < 1.29 is 9.53 Å². The molecule has 0 spiro atoms. The summed E-state index contributed by atoms with van der Waals surface area (Å²) >= 11 is 1.26. The molecular weight excluding hydrogens is 350 g/mol. The van der Waals surface area contributed by atoms with Gasteiger partial charge in [0.15, 0.2) is 5.00 Å². The summed E-state index contributed by atoms with van der Waals surface area (Å²) in [5.41, 5.74) is 4.32. The summed E-state index contributed by atoms with van der Waals surface area (Å²) in [7, 11) is 0. The van der Waals surface area contributed by atoms with Crippen molar-refractivity contribution in [3.63, 3.8) is 0 Å². The monoisotopic (exact) mass is 373 g/mol. The van der Waals surface area contributed by atoms with Crippen LogP contribution in [0, 0.1) is 13.8 Å². The molecule has 8 heteroatoms. The second-order valence-corrected chi connectivity index (χ2v) is 6.42. The number of anilines is 1. The van der Waals surface area contributed by atoms with Gasteiger partial charge in [-0.15, -0.1) is 10.2 Å². The second-order valence-electron chi connectivity index (χ2n) is 5.67. The van der Waals surface area contributed by atoms with Crippen molar-refractivity contribution in [2.24, 2.45) is 15.2 Å². The van der Waals surface area contributed by atoms with Crippen molar-refractivity contribution in [1.29, 1.82) is 0 Å². The van der Waals surface area contributed by atoms with Gasteiger partial charge >= 0.3 is 5.97 Å². The molecule has 0 amide bonds. The molecule has 0 unspecified atom stereocenters. The highest BCUT2D eigenvalue weighted by molar-refractivity contribution is 7.10. The van der Waals surface area contributed by atoms with Gasteiger partial charge in [0.2, 0.25) is 0 Å². The fourth-order valence-corrected chi connectivity index (χ4v) is 3.10. The fourth-order valence-electron chi connectivity index (χ4n) is 2.42. The molecule has 0 aliphatic heterocycles. The third kappa shape index (κ3) is 4.95. The minimum Gasteiger partial charge on any atom is -0.464 e. The van der Waals surface area contributed by atoms with Crippen LogP contribution in [0.25, 0.3) is 0 Å². The quantitative estimate of drug-likeness (QED) is 0.374. The Kier molecular flexibility index (Phi) is 6.97. The molecule has 138 valence electrons. The number of aryl methyl sites for hydroxylation is 2. The van der Waals surface area contributed by atoms with E-state index in [1.807, 2.05) is 26.0 Å². The number of aromatic nitrogens is 1. The third-order valence-corrected chi connectivity index (χ3v) is 4.63. The van der Waals surface area contributed by atoms with Crippen LogP contribution in [-0.4, -0.2) is 36.8 Å². The Morgan fingerprint density at radius 2 is 2.12 bits per heavy atom. The van der Waals surface area contributed by atoms with Crippen LogP contribution < -0.4 is 4.90 Å². The molecule has 0 atom stereocenters. The standard InChI is InChI=1S/C18H23N5O2S/c1-6-23(9-10-25-14(4)24)15-7-8-16(12(2)11-15)20-21-18-17(19-5)13(3)22-26-18/h7-8,11H,5-6,9-10H2,1-4H3. The Morgan fingerprint density at radius 3 is 2.73 bits per heavy atom. The number of hydrogen-bond donors (Lipinski definition) is 0. The lowest BCUT2D eigenvalue weighted by atomic mass is 10.1. The summed E-state index contributed by atoms with van der Waals surface area (Å²) in [5, 5.41) is 9.25. The zero-order valence-electron chi connectivity index (χ0n) is 15.5. The van der Waals surface area contributed by atoms with Gasteiger partial charge in [-0.2, -0.15) is 4.37 Å². The van der Waals surface area contributed by atoms with Crippen LogP contribution in [0.1, 0.15) is 25.1 Å². The summed E-state index contributed by atoms with van der Waals surface area (Å²) in [6.45, 7) is 12.7. The van der Waals surface area contributed by atoms with Gasteiger partial charge in [-0.05, 0) is 62.8 Å². The van der Waals surface area contributed by atoms with E-state index < -0.39 is 0 Å². The molecule has 0 fully saturated rings.